The fraction of sp³-hybridized carbons (Fsp3) is 1.00. The highest BCUT2D eigenvalue weighted by atomic mass is 15.2. The summed E-state index contributed by atoms with van der Waals surface area (Å²) >= 11 is 0. The highest BCUT2D eigenvalue weighted by Gasteiger charge is 2.72. The first-order valence-electron chi connectivity index (χ1n) is 6.58. The topological polar surface area (TPSA) is 3.24 Å². The number of piperidine rings is 1. The van der Waals surface area contributed by atoms with E-state index in [9.17, 15) is 0 Å². The van der Waals surface area contributed by atoms with Crippen molar-refractivity contribution in [2.75, 3.05) is 13.1 Å². The van der Waals surface area contributed by atoms with Crippen molar-refractivity contribution in [3.05, 3.63) is 0 Å². The van der Waals surface area contributed by atoms with Gasteiger partial charge >= 0.3 is 0 Å². The number of rotatable bonds is 2. The molecule has 0 aromatic heterocycles. The zero-order chi connectivity index (χ0) is 11.4. The summed E-state index contributed by atoms with van der Waals surface area (Å²) in [6.45, 7) is 17.1. The van der Waals surface area contributed by atoms with Crippen LogP contribution in [0.2, 0.25) is 0 Å². The van der Waals surface area contributed by atoms with Gasteiger partial charge in [-0.25, -0.2) is 0 Å². The summed E-state index contributed by atoms with van der Waals surface area (Å²) in [5.74, 6) is 1.80. The summed E-state index contributed by atoms with van der Waals surface area (Å²) in [5.41, 5.74) is 1.25. The predicted molar refractivity (Wildman–Crippen MR) is 65.9 cm³/mol. The summed E-state index contributed by atoms with van der Waals surface area (Å²) in [7, 11) is 0. The molecule has 1 aliphatic heterocycles. The maximum Gasteiger partial charge on any atom is 0.00387 e. The Balaban J connectivity index is 2.14. The molecule has 2 unspecified atom stereocenters. The zero-order valence-corrected chi connectivity index (χ0v) is 11.3. The maximum atomic E-state index is 2.67. The highest BCUT2D eigenvalue weighted by molar-refractivity contribution is 5.21. The Morgan fingerprint density at radius 3 is 2.13 bits per heavy atom. The molecule has 0 N–H and O–H groups in total. The van der Waals surface area contributed by atoms with Gasteiger partial charge in [0.1, 0.15) is 0 Å². The molecule has 2 rings (SSSR count). The second kappa shape index (κ2) is 3.23. The molecule has 1 saturated heterocycles. The van der Waals surface area contributed by atoms with E-state index < -0.39 is 0 Å². The van der Waals surface area contributed by atoms with Gasteiger partial charge in [-0.1, -0.05) is 27.7 Å². The minimum absolute atomic E-state index is 0.588. The van der Waals surface area contributed by atoms with Gasteiger partial charge in [-0.15, -0.1) is 0 Å². The van der Waals surface area contributed by atoms with E-state index in [-0.39, 0.29) is 0 Å². The lowest BCUT2D eigenvalue weighted by Crippen LogP contribution is -2.40. The molecule has 2 atom stereocenters. The summed E-state index contributed by atoms with van der Waals surface area (Å²) < 4.78 is 0. The maximum absolute atomic E-state index is 2.67. The van der Waals surface area contributed by atoms with Crippen LogP contribution in [0, 0.1) is 22.7 Å². The summed E-state index contributed by atoms with van der Waals surface area (Å²) in [6, 6.07) is 0.728. The molecule has 15 heavy (non-hydrogen) atoms. The van der Waals surface area contributed by atoms with E-state index in [1.165, 1.54) is 19.5 Å². The van der Waals surface area contributed by atoms with Crippen LogP contribution in [0.5, 0.6) is 0 Å². The molecule has 0 aromatic carbocycles. The molecule has 2 fully saturated rings. The van der Waals surface area contributed by atoms with Crippen molar-refractivity contribution in [1.29, 1.82) is 0 Å². The van der Waals surface area contributed by atoms with Crippen LogP contribution in [0.3, 0.4) is 0 Å². The molecule has 0 bridgehead atoms. The Labute approximate surface area is 95.2 Å². The van der Waals surface area contributed by atoms with Crippen LogP contribution in [0.25, 0.3) is 0 Å². The molecule has 1 heterocycles. The van der Waals surface area contributed by atoms with Gasteiger partial charge in [-0.05, 0) is 49.5 Å². The van der Waals surface area contributed by atoms with Crippen molar-refractivity contribution in [2.24, 2.45) is 22.7 Å². The lowest BCUT2D eigenvalue weighted by atomic mass is 9.80. The first kappa shape index (κ1) is 11.4. The Kier molecular flexibility index (Phi) is 2.46. The van der Waals surface area contributed by atoms with Gasteiger partial charge in [-0.2, -0.15) is 0 Å². The number of nitrogens with zero attached hydrogens (tertiary/aromatic N) is 1. The third-order valence-corrected chi connectivity index (χ3v) is 5.60. The van der Waals surface area contributed by atoms with Crippen LogP contribution < -0.4 is 0 Å². The molecule has 88 valence electrons. The molecule has 1 nitrogen and oxygen atoms in total. The van der Waals surface area contributed by atoms with E-state index in [0.717, 1.165) is 17.9 Å². The van der Waals surface area contributed by atoms with E-state index in [0.29, 0.717) is 10.8 Å². The van der Waals surface area contributed by atoms with Crippen molar-refractivity contribution in [3.63, 3.8) is 0 Å². The monoisotopic (exact) mass is 209 g/mol. The number of likely N-dealkylation sites (tertiary alicyclic amines) is 1. The second-order valence-electron chi connectivity index (χ2n) is 6.81. The van der Waals surface area contributed by atoms with E-state index in [1.807, 2.05) is 0 Å². The van der Waals surface area contributed by atoms with Crippen molar-refractivity contribution in [1.82, 2.24) is 4.90 Å². The minimum Gasteiger partial charge on any atom is -0.301 e. The first-order valence-corrected chi connectivity index (χ1v) is 6.58. The largest absolute Gasteiger partial charge is 0.301 e. The van der Waals surface area contributed by atoms with Gasteiger partial charge in [0, 0.05) is 12.6 Å². The van der Waals surface area contributed by atoms with E-state index in [4.69, 9.17) is 0 Å². The Hall–Kier alpha value is -0.0400. The smallest absolute Gasteiger partial charge is 0.00387 e. The third kappa shape index (κ3) is 1.32. The highest BCUT2D eigenvalue weighted by Crippen LogP contribution is 2.75. The lowest BCUT2D eigenvalue weighted by Gasteiger charge is -2.36. The van der Waals surface area contributed by atoms with Crippen LogP contribution in [0.4, 0.5) is 0 Å². The minimum atomic E-state index is 0.588. The lowest BCUT2D eigenvalue weighted by molar-refractivity contribution is 0.118. The van der Waals surface area contributed by atoms with Gasteiger partial charge in [-0.3, -0.25) is 0 Å². The zero-order valence-electron chi connectivity index (χ0n) is 11.3. The SMILES string of the molecule is CC(C)N1CCC2(C(C)C)C(C1)C2(C)C. The van der Waals surface area contributed by atoms with Gasteiger partial charge in [0.15, 0.2) is 0 Å². The molecule has 0 aromatic rings. The normalized spacial score (nSPS) is 39.6. The quantitative estimate of drug-likeness (QED) is 0.674. The Morgan fingerprint density at radius 1 is 1.13 bits per heavy atom. The molecule has 1 heteroatoms. The van der Waals surface area contributed by atoms with Crippen LogP contribution in [-0.2, 0) is 0 Å². The molecule has 2 aliphatic rings. The van der Waals surface area contributed by atoms with Crippen LogP contribution in [0.1, 0.15) is 48.0 Å². The second-order valence-corrected chi connectivity index (χ2v) is 6.81. The van der Waals surface area contributed by atoms with Crippen molar-refractivity contribution in [2.45, 2.75) is 54.0 Å². The summed E-state index contributed by atoms with van der Waals surface area (Å²) in [6.07, 6.45) is 1.42. The van der Waals surface area contributed by atoms with Gasteiger partial charge in [0.05, 0.1) is 0 Å². The molecule has 0 spiro atoms. The Morgan fingerprint density at radius 2 is 1.73 bits per heavy atom. The molecule has 0 radical (unpaired) electrons. The fourth-order valence-corrected chi connectivity index (χ4v) is 4.45. The molecular weight excluding hydrogens is 182 g/mol. The van der Waals surface area contributed by atoms with Crippen molar-refractivity contribution < 1.29 is 0 Å². The summed E-state index contributed by atoms with van der Waals surface area (Å²) in [5, 5.41) is 0. The Bertz CT molecular complexity index is 254. The van der Waals surface area contributed by atoms with Gasteiger partial charge < -0.3 is 4.90 Å². The van der Waals surface area contributed by atoms with E-state index in [2.05, 4.69) is 46.4 Å². The molecule has 1 saturated carbocycles. The molecular formula is C14H27N. The number of fused-ring (bicyclic) bond motifs is 1. The van der Waals surface area contributed by atoms with Crippen LogP contribution >= 0.6 is 0 Å². The summed E-state index contributed by atoms with van der Waals surface area (Å²) in [4.78, 5) is 2.67. The van der Waals surface area contributed by atoms with Gasteiger partial charge in [0.2, 0.25) is 0 Å². The average Bonchev–Trinajstić information content (AvgIpc) is 2.65. The molecule has 1 aliphatic carbocycles. The van der Waals surface area contributed by atoms with Gasteiger partial charge in [0.25, 0.3) is 0 Å². The number of hydrogen-bond donors (Lipinski definition) is 0. The predicted octanol–water partition coefficient (Wildman–Crippen LogP) is 3.40. The average molecular weight is 209 g/mol. The third-order valence-electron chi connectivity index (χ3n) is 5.60. The molecule has 0 amide bonds. The van der Waals surface area contributed by atoms with Crippen molar-refractivity contribution in [3.8, 4) is 0 Å². The standard InChI is InChI=1S/C14H27N/c1-10(2)14-7-8-15(11(3)4)9-12(14)13(14,5)6/h10-12H,7-9H2,1-6H3. The fourth-order valence-electron chi connectivity index (χ4n) is 4.45. The number of hydrogen-bond acceptors (Lipinski definition) is 1. The van der Waals surface area contributed by atoms with Crippen LogP contribution in [0.15, 0.2) is 0 Å². The van der Waals surface area contributed by atoms with E-state index in [1.54, 1.807) is 0 Å². The first-order chi connectivity index (χ1) is 6.84. The van der Waals surface area contributed by atoms with Crippen molar-refractivity contribution >= 4 is 0 Å². The van der Waals surface area contributed by atoms with E-state index >= 15 is 0 Å². The van der Waals surface area contributed by atoms with Crippen LogP contribution in [-0.4, -0.2) is 24.0 Å².